The summed E-state index contributed by atoms with van der Waals surface area (Å²) in [5.41, 5.74) is -2.68. The molecule has 0 aliphatic carbocycles. The summed E-state index contributed by atoms with van der Waals surface area (Å²) in [6, 6.07) is 0. The molecule has 0 spiro atoms. The molecule has 8 nitrogen and oxygen atoms in total. The van der Waals surface area contributed by atoms with Crippen molar-refractivity contribution < 1.29 is 38.1 Å². The summed E-state index contributed by atoms with van der Waals surface area (Å²) >= 11 is 3.35. The average Bonchev–Trinajstić information content (AvgIpc) is 3.52. The SMILES string of the molecule is O=C1OC(=O)C23CSCC12C1C=CC3O1.O=C1OC(=O)C23CSCC12C1CCC3O1. The van der Waals surface area contributed by atoms with Crippen molar-refractivity contribution in [2.75, 3.05) is 23.0 Å². The molecule has 7 saturated heterocycles. The molecule has 158 valence electrons. The lowest BCUT2D eigenvalue weighted by Gasteiger charge is -2.33. The summed E-state index contributed by atoms with van der Waals surface area (Å²) < 4.78 is 21.2. The van der Waals surface area contributed by atoms with Gasteiger partial charge in [0.15, 0.2) is 0 Å². The fourth-order valence-corrected chi connectivity index (χ4v) is 10.8. The van der Waals surface area contributed by atoms with Gasteiger partial charge in [-0.2, -0.15) is 23.5 Å². The van der Waals surface area contributed by atoms with E-state index in [1.807, 2.05) is 12.2 Å². The number of thioether (sulfide) groups is 2. The first-order valence-corrected chi connectivity index (χ1v) is 12.4. The zero-order valence-corrected chi connectivity index (χ0v) is 17.4. The second-order valence-corrected chi connectivity index (χ2v) is 11.2. The fourth-order valence-electron chi connectivity index (χ4n) is 7.06. The summed E-state index contributed by atoms with van der Waals surface area (Å²) in [7, 11) is 0. The van der Waals surface area contributed by atoms with Gasteiger partial charge in [-0.15, -0.1) is 0 Å². The summed E-state index contributed by atoms with van der Waals surface area (Å²) in [5, 5.41) is 0. The first kappa shape index (κ1) is 18.2. The Labute approximate surface area is 179 Å². The van der Waals surface area contributed by atoms with E-state index >= 15 is 0 Å². The third-order valence-electron chi connectivity index (χ3n) is 8.58. The monoisotopic (exact) mass is 450 g/mol. The molecule has 7 fully saturated rings. The number of rotatable bonds is 0. The first-order chi connectivity index (χ1) is 14.4. The van der Waals surface area contributed by atoms with E-state index in [-0.39, 0.29) is 48.3 Å². The summed E-state index contributed by atoms with van der Waals surface area (Å²) in [6.07, 6.45) is 4.94. The molecule has 0 aromatic rings. The Morgan fingerprint density at radius 2 is 1.03 bits per heavy atom. The lowest BCUT2D eigenvalue weighted by molar-refractivity contribution is -0.161. The number of hydrogen-bond donors (Lipinski definition) is 0. The Morgan fingerprint density at radius 3 is 1.50 bits per heavy atom. The highest BCUT2D eigenvalue weighted by atomic mass is 32.2. The van der Waals surface area contributed by atoms with E-state index in [9.17, 15) is 19.2 Å². The van der Waals surface area contributed by atoms with Gasteiger partial charge in [0.25, 0.3) is 0 Å². The second kappa shape index (κ2) is 5.33. The van der Waals surface area contributed by atoms with E-state index in [0.29, 0.717) is 23.0 Å². The van der Waals surface area contributed by atoms with Crippen LogP contribution in [0.25, 0.3) is 0 Å². The van der Waals surface area contributed by atoms with Crippen LogP contribution in [0.5, 0.6) is 0 Å². The van der Waals surface area contributed by atoms with Crippen LogP contribution in [0, 0.1) is 21.7 Å². The highest BCUT2D eigenvalue weighted by Gasteiger charge is 2.83. The van der Waals surface area contributed by atoms with Crippen LogP contribution < -0.4 is 0 Å². The van der Waals surface area contributed by atoms with E-state index in [4.69, 9.17) is 18.9 Å². The topological polar surface area (TPSA) is 105 Å². The minimum atomic E-state index is -0.714. The van der Waals surface area contributed by atoms with Crippen LogP contribution in [-0.2, 0) is 38.1 Å². The van der Waals surface area contributed by atoms with Gasteiger partial charge in [-0.25, -0.2) is 0 Å². The Morgan fingerprint density at radius 1 is 0.633 bits per heavy atom. The number of hydrogen-bond acceptors (Lipinski definition) is 10. The number of carbonyl (C=O) groups excluding carboxylic acids is 4. The minimum Gasteiger partial charge on any atom is -0.392 e. The average molecular weight is 450 g/mol. The van der Waals surface area contributed by atoms with Gasteiger partial charge < -0.3 is 18.9 Å². The molecule has 8 aliphatic heterocycles. The van der Waals surface area contributed by atoms with Crippen LogP contribution >= 0.6 is 23.5 Å². The summed E-state index contributed by atoms with van der Waals surface area (Å²) in [6.45, 7) is 0. The van der Waals surface area contributed by atoms with Gasteiger partial charge in [0.2, 0.25) is 0 Å². The van der Waals surface area contributed by atoms with Crippen molar-refractivity contribution in [2.24, 2.45) is 21.7 Å². The quantitative estimate of drug-likeness (QED) is 0.294. The molecular weight excluding hydrogens is 432 g/mol. The van der Waals surface area contributed by atoms with Crippen LogP contribution in [-0.4, -0.2) is 71.3 Å². The Hall–Kier alpha value is -1.36. The van der Waals surface area contributed by atoms with E-state index < -0.39 is 21.7 Å². The molecule has 8 heterocycles. The van der Waals surface area contributed by atoms with Gasteiger partial charge in [-0.3, -0.25) is 19.2 Å². The maximum atomic E-state index is 11.9. The third kappa shape index (κ3) is 1.54. The lowest BCUT2D eigenvalue weighted by atomic mass is 9.59. The normalized spacial score (nSPS) is 55.2. The van der Waals surface area contributed by atoms with E-state index in [1.54, 1.807) is 23.5 Å². The smallest absolute Gasteiger partial charge is 0.324 e. The molecule has 4 bridgehead atoms. The molecule has 8 atom stereocenters. The fraction of sp³-hybridized carbons (Fsp3) is 0.700. The first-order valence-electron chi connectivity index (χ1n) is 10.1. The van der Waals surface area contributed by atoms with Gasteiger partial charge in [-0.05, 0) is 12.8 Å². The van der Waals surface area contributed by atoms with Gasteiger partial charge >= 0.3 is 23.9 Å². The number of ether oxygens (including phenoxy) is 4. The van der Waals surface area contributed by atoms with Crippen molar-refractivity contribution in [1.82, 2.24) is 0 Å². The number of cyclic esters (lactones) is 4. The van der Waals surface area contributed by atoms with E-state index in [0.717, 1.165) is 12.8 Å². The van der Waals surface area contributed by atoms with Crippen molar-refractivity contribution in [2.45, 2.75) is 37.3 Å². The van der Waals surface area contributed by atoms with Crippen molar-refractivity contribution >= 4 is 47.4 Å². The number of carbonyl (C=O) groups is 4. The molecule has 0 amide bonds. The molecule has 0 aromatic carbocycles. The lowest BCUT2D eigenvalue weighted by Crippen LogP contribution is -2.51. The Balaban J connectivity index is 0.000000108. The predicted molar refractivity (Wildman–Crippen MR) is 102 cm³/mol. The highest BCUT2D eigenvalue weighted by Crippen LogP contribution is 2.69. The molecular formula is C20H18O8S2. The second-order valence-electron chi connectivity index (χ2n) is 9.28. The zero-order valence-electron chi connectivity index (χ0n) is 15.8. The molecule has 0 radical (unpaired) electrons. The van der Waals surface area contributed by atoms with Gasteiger partial charge in [0, 0.05) is 23.0 Å². The minimum absolute atomic E-state index is 0.0727. The maximum Gasteiger partial charge on any atom is 0.324 e. The molecule has 8 unspecified atom stereocenters. The standard InChI is InChI=1S/C10H10O4S.C10H8O4S/c2*11-7-9-3-15-4-10(9,8(12)14-7)6-2-1-5(9)13-6/h5-6H,1-4H2;1-2,5-6H,3-4H2. The molecule has 8 rings (SSSR count). The van der Waals surface area contributed by atoms with Crippen LogP contribution in [0.15, 0.2) is 12.2 Å². The number of esters is 4. The van der Waals surface area contributed by atoms with Crippen molar-refractivity contribution in [3.05, 3.63) is 12.2 Å². The van der Waals surface area contributed by atoms with Crippen LogP contribution in [0.1, 0.15) is 12.8 Å². The Kier molecular flexibility index (Phi) is 3.24. The summed E-state index contributed by atoms with van der Waals surface area (Å²) in [5.74, 6) is 1.25. The zero-order chi connectivity index (χ0) is 20.5. The highest BCUT2D eigenvalue weighted by molar-refractivity contribution is 7.99. The van der Waals surface area contributed by atoms with Crippen molar-refractivity contribution in [3.63, 3.8) is 0 Å². The maximum absolute atomic E-state index is 11.9. The van der Waals surface area contributed by atoms with Gasteiger partial charge in [0.05, 0.1) is 24.4 Å². The molecule has 30 heavy (non-hydrogen) atoms. The third-order valence-corrected chi connectivity index (χ3v) is 11.2. The molecule has 0 N–H and O–H groups in total. The van der Waals surface area contributed by atoms with E-state index in [2.05, 4.69) is 0 Å². The predicted octanol–water partition coefficient (Wildman–Crippen LogP) is 0.477. The van der Waals surface area contributed by atoms with Crippen LogP contribution in [0.3, 0.4) is 0 Å². The molecule has 0 aromatic heterocycles. The Bertz CT molecular complexity index is 910. The molecule has 10 heteroatoms. The van der Waals surface area contributed by atoms with Gasteiger partial charge in [0.1, 0.15) is 21.7 Å². The number of fused-ring (bicyclic) bond motifs is 4. The van der Waals surface area contributed by atoms with Crippen molar-refractivity contribution in [3.8, 4) is 0 Å². The largest absolute Gasteiger partial charge is 0.392 e. The van der Waals surface area contributed by atoms with Crippen molar-refractivity contribution in [1.29, 1.82) is 0 Å². The van der Waals surface area contributed by atoms with Crippen LogP contribution in [0.4, 0.5) is 0 Å². The van der Waals surface area contributed by atoms with E-state index in [1.165, 1.54) is 0 Å². The molecule has 0 saturated carbocycles. The van der Waals surface area contributed by atoms with Crippen LogP contribution in [0.2, 0.25) is 0 Å². The molecule has 8 aliphatic rings. The van der Waals surface area contributed by atoms with Gasteiger partial charge in [-0.1, -0.05) is 12.2 Å². The summed E-state index contributed by atoms with van der Waals surface area (Å²) in [4.78, 5) is 47.6.